The van der Waals surface area contributed by atoms with Gasteiger partial charge in [0.2, 0.25) is 11.8 Å². The molecule has 16 heavy (non-hydrogen) atoms. The van der Waals surface area contributed by atoms with Crippen molar-refractivity contribution in [3.63, 3.8) is 0 Å². The fourth-order valence-corrected chi connectivity index (χ4v) is 1.95. The van der Waals surface area contributed by atoms with E-state index in [1.807, 2.05) is 6.92 Å². The number of likely N-dealkylation sites (N-methyl/N-ethyl adjacent to an activating group) is 1. The predicted molar refractivity (Wildman–Crippen MR) is 61.9 cm³/mol. The van der Waals surface area contributed by atoms with Gasteiger partial charge in [-0.25, -0.2) is 0 Å². The van der Waals surface area contributed by atoms with Crippen molar-refractivity contribution in [3.05, 3.63) is 0 Å². The zero-order valence-electron chi connectivity index (χ0n) is 10.1. The number of carbonyl (C=O) groups is 2. The van der Waals surface area contributed by atoms with Crippen LogP contribution >= 0.6 is 0 Å². The van der Waals surface area contributed by atoms with E-state index in [4.69, 9.17) is 0 Å². The fraction of sp³-hybridized carbons (Fsp3) is 0.818. The van der Waals surface area contributed by atoms with Gasteiger partial charge in [-0.1, -0.05) is 0 Å². The molecule has 0 aromatic carbocycles. The van der Waals surface area contributed by atoms with Gasteiger partial charge in [0.15, 0.2) is 0 Å². The third kappa shape index (κ3) is 3.81. The van der Waals surface area contributed by atoms with Crippen molar-refractivity contribution in [2.45, 2.75) is 19.8 Å². The Balaban J connectivity index is 2.28. The minimum atomic E-state index is 0.0384. The Bertz CT molecular complexity index is 248. The van der Waals surface area contributed by atoms with Crippen LogP contribution in [-0.4, -0.2) is 49.9 Å². The summed E-state index contributed by atoms with van der Waals surface area (Å²) in [5, 5.41) is 5.45. The van der Waals surface area contributed by atoms with Crippen molar-refractivity contribution < 1.29 is 9.59 Å². The molecular weight excluding hydrogens is 206 g/mol. The molecule has 0 aliphatic carbocycles. The first-order chi connectivity index (χ1) is 7.67. The van der Waals surface area contributed by atoms with E-state index in [1.165, 1.54) is 0 Å². The lowest BCUT2D eigenvalue weighted by Gasteiger charge is -2.30. The molecule has 0 radical (unpaired) electrons. The van der Waals surface area contributed by atoms with Gasteiger partial charge in [-0.2, -0.15) is 0 Å². The molecule has 92 valence electrons. The second-order valence-electron chi connectivity index (χ2n) is 4.12. The Labute approximate surface area is 96.6 Å². The number of nitrogens with one attached hydrogen (secondary N) is 2. The highest BCUT2D eigenvalue weighted by Gasteiger charge is 2.25. The van der Waals surface area contributed by atoms with Crippen molar-refractivity contribution in [2.24, 2.45) is 5.92 Å². The molecule has 0 spiro atoms. The molecule has 2 N–H and O–H groups in total. The SMILES string of the molecule is CCNC(=O)C1CCN(CC(=O)NC)CC1. The summed E-state index contributed by atoms with van der Waals surface area (Å²) in [4.78, 5) is 24.8. The molecule has 0 atom stereocenters. The van der Waals surface area contributed by atoms with Crippen LogP contribution in [0.3, 0.4) is 0 Å². The average molecular weight is 227 g/mol. The van der Waals surface area contributed by atoms with Gasteiger partial charge in [0, 0.05) is 19.5 Å². The standard InChI is InChI=1S/C11H21N3O2/c1-3-13-11(16)9-4-6-14(7-5-9)8-10(15)12-2/h9H,3-8H2,1-2H3,(H,12,15)(H,13,16). The van der Waals surface area contributed by atoms with Crippen LogP contribution in [0.2, 0.25) is 0 Å². The fourth-order valence-electron chi connectivity index (χ4n) is 1.95. The number of hydrogen-bond donors (Lipinski definition) is 2. The minimum absolute atomic E-state index is 0.0384. The molecule has 1 fully saturated rings. The predicted octanol–water partition coefficient (Wildman–Crippen LogP) is -0.419. The lowest BCUT2D eigenvalue weighted by Crippen LogP contribution is -2.43. The van der Waals surface area contributed by atoms with Crippen molar-refractivity contribution in [1.29, 1.82) is 0 Å². The van der Waals surface area contributed by atoms with E-state index in [1.54, 1.807) is 7.05 Å². The third-order valence-corrected chi connectivity index (χ3v) is 2.96. The van der Waals surface area contributed by atoms with Crippen LogP contribution in [-0.2, 0) is 9.59 Å². The van der Waals surface area contributed by atoms with E-state index in [0.717, 1.165) is 25.9 Å². The molecule has 0 aromatic heterocycles. The van der Waals surface area contributed by atoms with Crippen LogP contribution < -0.4 is 10.6 Å². The number of rotatable bonds is 4. The van der Waals surface area contributed by atoms with Crippen LogP contribution in [0.25, 0.3) is 0 Å². The van der Waals surface area contributed by atoms with Gasteiger partial charge in [0.05, 0.1) is 6.54 Å². The molecule has 0 saturated carbocycles. The number of amides is 2. The van der Waals surface area contributed by atoms with Crippen LogP contribution in [0.1, 0.15) is 19.8 Å². The summed E-state index contributed by atoms with van der Waals surface area (Å²) in [6, 6.07) is 0. The summed E-state index contributed by atoms with van der Waals surface area (Å²) in [5.41, 5.74) is 0. The van der Waals surface area contributed by atoms with E-state index in [0.29, 0.717) is 13.1 Å². The summed E-state index contributed by atoms with van der Waals surface area (Å²) < 4.78 is 0. The maximum absolute atomic E-state index is 11.6. The Morgan fingerprint density at radius 1 is 1.31 bits per heavy atom. The summed E-state index contributed by atoms with van der Waals surface area (Å²) in [5.74, 6) is 0.319. The topological polar surface area (TPSA) is 61.4 Å². The number of likely N-dealkylation sites (tertiary alicyclic amines) is 1. The first-order valence-corrected chi connectivity index (χ1v) is 5.88. The van der Waals surface area contributed by atoms with Crippen LogP contribution in [0.5, 0.6) is 0 Å². The molecule has 1 aliphatic rings. The van der Waals surface area contributed by atoms with E-state index in [2.05, 4.69) is 15.5 Å². The van der Waals surface area contributed by atoms with Crippen molar-refractivity contribution in [3.8, 4) is 0 Å². The molecule has 0 bridgehead atoms. The van der Waals surface area contributed by atoms with E-state index >= 15 is 0 Å². The third-order valence-electron chi connectivity index (χ3n) is 2.96. The molecule has 0 aromatic rings. The molecule has 5 heteroatoms. The van der Waals surface area contributed by atoms with E-state index in [-0.39, 0.29) is 17.7 Å². The summed E-state index contributed by atoms with van der Waals surface area (Å²) in [6.45, 7) is 4.72. The van der Waals surface area contributed by atoms with Crippen molar-refractivity contribution >= 4 is 11.8 Å². The summed E-state index contributed by atoms with van der Waals surface area (Å²) >= 11 is 0. The largest absolute Gasteiger partial charge is 0.358 e. The molecule has 1 heterocycles. The van der Waals surface area contributed by atoms with Gasteiger partial charge >= 0.3 is 0 Å². The van der Waals surface area contributed by atoms with E-state index < -0.39 is 0 Å². The molecule has 2 amide bonds. The second-order valence-corrected chi connectivity index (χ2v) is 4.12. The monoisotopic (exact) mass is 227 g/mol. The Morgan fingerprint density at radius 2 is 1.94 bits per heavy atom. The van der Waals surface area contributed by atoms with Crippen molar-refractivity contribution in [1.82, 2.24) is 15.5 Å². The summed E-state index contributed by atoms with van der Waals surface area (Å²) in [6.07, 6.45) is 1.70. The van der Waals surface area contributed by atoms with Crippen LogP contribution in [0.15, 0.2) is 0 Å². The van der Waals surface area contributed by atoms with Gasteiger partial charge in [0.25, 0.3) is 0 Å². The number of piperidine rings is 1. The van der Waals surface area contributed by atoms with Gasteiger partial charge < -0.3 is 10.6 Å². The molecule has 1 rings (SSSR count). The highest BCUT2D eigenvalue weighted by molar-refractivity contribution is 5.79. The van der Waals surface area contributed by atoms with Gasteiger partial charge in [-0.15, -0.1) is 0 Å². The maximum atomic E-state index is 11.6. The molecule has 1 saturated heterocycles. The van der Waals surface area contributed by atoms with Gasteiger partial charge in [0.1, 0.15) is 0 Å². The Morgan fingerprint density at radius 3 is 2.44 bits per heavy atom. The molecule has 5 nitrogen and oxygen atoms in total. The van der Waals surface area contributed by atoms with Crippen LogP contribution in [0.4, 0.5) is 0 Å². The zero-order chi connectivity index (χ0) is 12.0. The van der Waals surface area contributed by atoms with Crippen molar-refractivity contribution in [2.75, 3.05) is 33.2 Å². The smallest absolute Gasteiger partial charge is 0.233 e. The minimum Gasteiger partial charge on any atom is -0.358 e. The number of hydrogen-bond acceptors (Lipinski definition) is 3. The first-order valence-electron chi connectivity index (χ1n) is 5.88. The van der Waals surface area contributed by atoms with Crippen LogP contribution in [0, 0.1) is 5.92 Å². The first kappa shape index (κ1) is 13.0. The molecular formula is C11H21N3O2. The average Bonchev–Trinajstić information content (AvgIpc) is 2.30. The highest BCUT2D eigenvalue weighted by atomic mass is 16.2. The Kier molecular flexibility index (Phi) is 5.25. The lowest BCUT2D eigenvalue weighted by molar-refractivity contribution is -0.126. The van der Waals surface area contributed by atoms with Gasteiger partial charge in [-0.05, 0) is 32.9 Å². The molecule has 0 unspecified atom stereocenters. The highest BCUT2D eigenvalue weighted by Crippen LogP contribution is 2.16. The normalized spacial score (nSPS) is 18.1. The lowest BCUT2D eigenvalue weighted by atomic mass is 9.96. The van der Waals surface area contributed by atoms with Gasteiger partial charge in [-0.3, -0.25) is 14.5 Å². The quantitative estimate of drug-likeness (QED) is 0.686. The zero-order valence-corrected chi connectivity index (χ0v) is 10.1. The Hall–Kier alpha value is -1.10. The maximum Gasteiger partial charge on any atom is 0.233 e. The summed E-state index contributed by atoms with van der Waals surface area (Å²) in [7, 11) is 1.64. The number of nitrogens with zero attached hydrogens (tertiary/aromatic N) is 1. The second kappa shape index (κ2) is 6.48. The van der Waals surface area contributed by atoms with E-state index in [9.17, 15) is 9.59 Å². The molecule has 1 aliphatic heterocycles. The number of carbonyl (C=O) groups excluding carboxylic acids is 2.